The van der Waals surface area contributed by atoms with Crippen molar-refractivity contribution in [3.8, 4) is 5.75 Å². The maximum Gasteiger partial charge on any atom is 0.328 e. The predicted molar refractivity (Wildman–Crippen MR) is 155 cm³/mol. The quantitative estimate of drug-likeness (QED) is 0.185. The van der Waals surface area contributed by atoms with Gasteiger partial charge in [-0.25, -0.2) is 0 Å². The van der Waals surface area contributed by atoms with Crippen molar-refractivity contribution < 1.29 is 42.8 Å². The van der Waals surface area contributed by atoms with Crippen LogP contribution in [0.15, 0.2) is 24.3 Å². The van der Waals surface area contributed by atoms with Crippen molar-refractivity contribution >= 4 is 11.9 Å². The van der Waals surface area contributed by atoms with Crippen LogP contribution >= 0.6 is 0 Å². The summed E-state index contributed by atoms with van der Waals surface area (Å²) in [6.45, 7) is 15.9. The van der Waals surface area contributed by atoms with Gasteiger partial charge >= 0.3 is 11.9 Å². The van der Waals surface area contributed by atoms with Crippen molar-refractivity contribution in [2.75, 3.05) is 46.2 Å². The van der Waals surface area contributed by atoms with Crippen LogP contribution < -0.4 is 4.74 Å². The number of benzene rings is 1. The van der Waals surface area contributed by atoms with Crippen molar-refractivity contribution in [1.82, 2.24) is 5.06 Å². The van der Waals surface area contributed by atoms with E-state index in [1.807, 2.05) is 12.1 Å². The fourth-order valence-corrected chi connectivity index (χ4v) is 6.19. The molecule has 236 valence electrons. The lowest BCUT2D eigenvalue weighted by Gasteiger charge is -2.64. The standard InChI is InChI=1S/C32H49NO9/c1-8-29(6)20-32(40-21-31(22-41-32,27(34)36-10-3)28(35)37-11-4)23(5)30(7,9-2)33(29)42-17-16-24-12-14-25(15-13-24)38-18-26-19-39-26/h12-15,23,26H,8-11,16-22H2,1-7H3. The van der Waals surface area contributed by atoms with E-state index in [0.717, 1.165) is 37.2 Å². The Balaban J connectivity index is 1.47. The highest BCUT2D eigenvalue weighted by Crippen LogP contribution is 2.54. The van der Waals surface area contributed by atoms with Crippen LogP contribution in [0.2, 0.25) is 0 Å². The molecule has 0 saturated carbocycles. The van der Waals surface area contributed by atoms with Gasteiger partial charge in [0.05, 0.1) is 45.2 Å². The number of piperidine rings is 1. The zero-order valence-corrected chi connectivity index (χ0v) is 26.4. The fraction of sp³-hybridized carbons (Fsp3) is 0.750. The topological polar surface area (TPSA) is 105 Å². The summed E-state index contributed by atoms with van der Waals surface area (Å²) in [7, 11) is 0. The molecule has 0 amide bonds. The van der Waals surface area contributed by atoms with Crippen LogP contribution in [-0.4, -0.2) is 86.2 Å². The van der Waals surface area contributed by atoms with Crippen molar-refractivity contribution in [1.29, 1.82) is 0 Å². The van der Waals surface area contributed by atoms with E-state index in [4.69, 9.17) is 33.3 Å². The Hall–Kier alpha value is -2.24. The van der Waals surface area contributed by atoms with E-state index < -0.39 is 34.2 Å². The minimum atomic E-state index is -1.65. The van der Waals surface area contributed by atoms with Gasteiger partial charge in [0.2, 0.25) is 5.41 Å². The highest BCUT2D eigenvalue weighted by molar-refractivity contribution is 6.00. The summed E-state index contributed by atoms with van der Waals surface area (Å²) in [5, 5.41) is 2.16. The Morgan fingerprint density at radius 2 is 1.55 bits per heavy atom. The number of nitrogens with zero attached hydrogens (tertiary/aromatic N) is 1. The van der Waals surface area contributed by atoms with Gasteiger partial charge in [0.15, 0.2) is 5.79 Å². The maximum absolute atomic E-state index is 13.0. The molecule has 0 aromatic heterocycles. The van der Waals surface area contributed by atoms with Crippen LogP contribution in [0.3, 0.4) is 0 Å². The van der Waals surface area contributed by atoms with Gasteiger partial charge in [-0.1, -0.05) is 32.9 Å². The molecule has 10 nitrogen and oxygen atoms in total. The van der Waals surface area contributed by atoms with Gasteiger partial charge in [0.25, 0.3) is 0 Å². The van der Waals surface area contributed by atoms with Crippen molar-refractivity contribution in [3.63, 3.8) is 0 Å². The number of rotatable bonds is 13. The molecular formula is C32H49NO9. The van der Waals surface area contributed by atoms with E-state index in [9.17, 15) is 9.59 Å². The van der Waals surface area contributed by atoms with Gasteiger partial charge in [0, 0.05) is 17.9 Å². The first kappa shape index (κ1) is 32.7. The normalized spacial score (nSPS) is 30.1. The van der Waals surface area contributed by atoms with Crippen LogP contribution in [0.5, 0.6) is 5.75 Å². The Kier molecular flexibility index (Phi) is 10.2. The molecule has 3 aliphatic heterocycles. The summed E-state index contributed by atoms with van der Waals surface area (Å²) in [6, 6.07) is 8.12. The van der Waals surface area contributed by atoms with Crippen LogP contribution in [-0.2, 0) is 44.5 Å². The van der Waals surface area contributed by atoms with Gasteiger partial charge in [-0.2, -0.15) is 5.06 Å². The summed E-state index contributed by atoms with van der Waals surface area (Å²) in [5.41, 5.74) is -1.38. The van der Waals surface area contributed by atoms with Crippen molar-refractivity contribution in [2.24, 2.45) is 11.3 Å². The number of hydrogen-bond donors (Lipinski definition) is 0. The van der Waals surface area contributed by atoms with E-state index in [2.05, 4.69) is 51.8 Å². The summed E-state index contributed by atoms with van der Waals surface area (Å²) in [6.07, 6.45) is 3.03. The number of carbonyl (C=O) groups excluding carboxylic acids is 2. The molecular weight excluding hydrogens is 542 g/mol. The summed E-state index contributed by atoms with van der Waals surface area (Å²) < 4.78 is 34.5. The second kappa shape index (κ2) is 13.2. The summed E-state index contributed by atoms with van der Waals surface area (Å²) in [5.74, 6) is -1.69. The van der Waals surface area contributed by atoms with E-state index in [-0.39, 0.29) is 38.4 Å². The highest BCUT2D eigenvalue weighted by Gasteiger charge is 2.66. The van der Waals surface area contributed by atoms with Crippen LogP contribution in [0.25, 0.3) is 0 Å². The zero-order chi connectivity index (χ0) is 30.6. The highest BCUT2D eigenvalue weighted by atomic mass is 16.7. The Labute approximate surface area is 250 Å². The number of epoxide rings is 1. The van der Waals surface area contributed by atoms with Crippen LogP contribution in [0.1, 0.15) is 73.3 Å². The average Bonchev–Trinajstić information content (AvgIpc) is 3.83. The molecule has 3 aliphatic rings. The fourth-order valence-electron chi connectivity index (χ4n) is 6.19. The number of hydrogen-bond acceptors (Lipinski definition) is 10. The first-order valence-electron chi connectivity index (χ1n) is 15.4. The lowest BCUT2D eigenvalue weighted by molar-refractivity contribution is -0.406. The van der Waals surface area contributed by atoms with E-state index in [1.54, 1.807) is 13.8 Å². The second-order valence-corrected chi connectivity index (χ2v) is 12.2. The number of hydroxylamine groups is 2. The smallest absolute Gasteiger partial charge is 0.328 e. The van der Waals surface area contributed by atoms with Gasteiger partial charge < -0.3 is 28.4 Å². The minimum absolute atomic E-state index is 0.142. The molecule has 4 atom stereocenters. The summed E-state index contributed by atoms with van der Waals surface area (Å²) in [4.78, 5) is 32.6. The molecule has 0 N–H and O–H groups in total. The van der Waals surface area contributed by atoms with Gasteiger partial charge in [-0.05, 0) is 64.7 Å². The third kappa shape index (κ3) is 6.33. The van der Waals surface area contributed by atoms with Crippen LogP contribution in [0, 0.1) is 11.3 Å². The molecule has 0 radical (unpaired) electrons. The molecule has 3 fully saturated rings. The summed E-state index contributed by atoms with van der Waals surface area (Å²) >= 11 is 0. The van der Waals surface area contributed by atoms with E-state index >= 15 is 0 Å². The molecule has 0 bridgehead atoms. The zero-order valence-electron chi connectivity index (χ0n) is 26.4. The molecule has 4 rings (SSSR count). The molecule has 3 heterocycles. The molecule has 4 unspecified atom stereocenters. The minimum Gasteiger partial charge on any atom is -0.491 e. The Morgan fingerprint density at radius 1 is 0.952 bits per heavy atom. The average molecular weight is 592 g/mol. The lowest BCUT2D eigenvalue weighted by Crippen LogP contribution is -2.74. The molecule has 1 aromatic carbocycles. The molecule has 3 saturated heterocycles. The predicted octanol–water partition coefficient (Wildman–Crippen LogP) is 4.47. The maximum atomic E-state index is 13.0. The first-order valence-corrected chi connectivity index (χ1v) is 15.4. The number of ether oxygens (including phenoxy) is 6. The SMILES string of the molecule is CCOC(=O)C1(C(=O)OCC)COC2(CC(C)(CC)N(OCCc3ccc(OCC4CO4)cc3)C(C)(CC)C2C)OC1. The first-order chi connectivity index (χ1) is 20.0. The van der Waals surface area contributed by atoms with Crippen molar-refractivity contribution in [2.45, 2.75) is 97.1 Å². The molecule has 0 aliphatic carbocycles. The van der Waals surface area contributed by atoms with E-state index in [0.29, 0.717) is 19.6 Å². The third-order valence-corrected chi connectivity index (χ3v) is 9.48. The molecule has 42 heavy (non-hydrogen) atoms. The Bertz CT molecular complexity index is 1050. The Morgan fingerprint density at radius 3 is 2.05 bits per heavy atom. The molecule has 1 spiro atoms. The second-order valence-electron chi connectivity index (χ2n) is 12.2. The van der Waals surface area contributed by atoms with Crippen LogP contribution in [0.4, 0.5) is 0 Å². The van der Waals surface area contributed by atoms with Crippen molar-refractivity contribution in [3.05, 3.63) is 29.8 Å². The van der Waals surface area contributed by atoms with E-state index in [1.165, 1.54) is 0 Å². The van der Waals surface area contributed by atoms with Gasteiger partial charge in [-0.15, -0.1) is 0 Å². The molecule has 10 heteroatoms. The van der Waals surface area contributed by atoms with Gasteiger partial charge in [0.1, 0.15) is 18.5 Å². The third-order valence-electron chi connectivity index (χ3n) is 9.48. The number of esters is 2. The number of carbonyl (C=O) groups is 2. The monoisotopic (exact) mass is 591 g/mol. The largest absolute Gasteiger partial charge is 0.491 e. The van der Waals surface area contributed by atoms with Gasteiger partial charge in [-0.3, -0.25) is 14.4 Å². The molecule has 1 aromatic rings. The lowest BCUT2D eigenvalue weighted by atomic mass is 9.66.